The van der Waals surface area contributed by atoms with E-state index in [9.17, 15) is 4.79 Å². The summed E-state index contributed by atoms with van der Waals surface area (Å²) in [5, 5.41) is 0. The largest absolute Gasteiger partial charge is 0.461 e. The summed E-state index contributed by atoms with van der Waals surface area (Å²) in [6.07, 6.45) is 4.48. The van der Waals surface area contributed by atoms with Crippen molar-refractivity contribution in [1.29, 1.82) is 0 Å². The highest BCUT2D eigenvalue weighted by Gasteiger charge is 2.16. The number of hydrogen-bond acceptors (Lipinski definition) is 3. The molecule has 0 amide bonds. The standard InChI is InChI=1S/C16H17N3O2/c1-3-21-15(20)14-11-19-10-13(17-16(19)18(14)2)9-12-7-5-4-6-8-12/h4-8,10-11H,3,9H2,1-2H3. The minimum Gasteiger partial charge on any atom is -0.461 e. The van der Waals surface area contributed by atoms with Gasteiger partial charge in [-0.25, -0.2) is 9.78 Å². The molecule has 2 heterocycles. The molecule has 108 valence electrons. The molecule has 0 aliphatic carbocycles. The van der Waals surface area contributed by atoms with Gasteiger partial charge in [0.1, 0.15) is 5.69 Å². The van der Waals surface area contributed by atoms with Gasteiger partial charge < -0.3 is 9.30 Å². The highest BCUT2D eigenvalue weighted by molar-refractivity contribution is 5.88. The van der Waals surface area contributed by atoms with Crippen molar-refractivity contribution < 1.29 is 9.53 Å². The van der Waals surface area contributed by atoms with Crippen molar-refractivity contribution in [3.63, 3.8) is 0 Å². The third kappa shape index (κ3) is 2.54. The minimum atomic E-state index is -0.324. The van der Waals surface area contributed by atoms with Crippen molar-refractivity contribution in [3.8, 4) is 0 Å². The van der Waals surface area contributed by atoms with Gasteiger partial charge in [-0.3, -0.25) is 4.40 Å². The van der Waals surface area contributed by atoms with Crippen LogP contribution in [0.4, 0.5) is 0 Å². The van der Waals surface area contributed by atoms with Gasteiger partial charge in [0.25, 0.3) is 0 Å². The Labute approximate surface area is 122 Å². The Kier molecular flexibility index (Phi) is 3.48. The van der Waals surface area contributed by atoms with Gasteiger partial charge in [-0.05, 0) is 12.5 Å². The van der Waals surface area contributed by atoms with E-state index < -0.39 is 0 Å². The van der Waals surface area contributed by atoms with Crippen molar-refractivity contribution in [3.05, 3.63) is 59.7 Å². The number of esters is 1. The Balaban J connectivity index is 1.90. The van der Waals surface area contributed by atoms with Crippen LogP contribution in [0.3, 0.4) is 0 Å². The number of nitrogens with zero attached hydrogens (tertiary/aromatic N) is 3. The molecular formula is C16H17N3O2. The zero-order chi connectivity index (χ0) is 14.8. The number of aromatic nitrogens is 3. The van der Waals surface area contributed by atoms with Crippen LogP contribution < -0.4 is 0 Å². The lowest BCUT2D eigenvalue weighted by molar-refractivity contribution is 0.0515. The van der Waals surface area contributed by atoms with E-state index in [-0.39, 0.29) is 5.97 Å². The van der Waals surface area contributed by atoms with Crippen LogP contribution in [0.1, 0.15) is 28.7 Å². The molecule has 0 fully saturated rings. The summed E-state index contributed by atoms with van der Waals surface area (Å²) < 4.78 is 8.65. The maximum Gasteiger partial charge on any atom is 0.356 e. The van der Waals surface area contributed by atoms with Crippen LogP contribution in [0.15, 0.2) is 42.7 Å². The molecule has 0 radical (unpaired) electrons. The first-order valence-electron chi connectivity index (χ1n) is 6.93. The molecule has 3 aromatic rings. The Bertz CT molecular complexity index is 772. The van der Waals surface area contributed by atoms with E-state index in [2.05, 4.69) is 17.1 Å². The maximum absolute atomic E-state index is 11.8. The van der Waals surface area contributed by atoms with Gasteiger partial charge >= 0.3 is 5.97 Å². The Morgan fingerprint density at radius 2 is 2.00 bits per heavy atom. The van der Waals surface area contributed by atoms with Gasteiger partial charge in [0.2, 0.25) is 5.78 Å². The fraction of sp³-hybridized carbons (Fsp3) is 0.250. The van der Waals surface area contributed by atoms with E-state index in [0.29, 0.717) is 12.3 Å². The number of carbonyl (C=O) groups excluding carboxylic acids is 1. The minimum absolute atomic E-state index is 0.324. The molecule has 0 saturated heterocycles. The van der Waals surface area contributed by atoms with E-state index in [1.807, 2.05) is 35.8 Å². The molecule has 21 heavy (non-hydrogen) atoms. The molecular weight excluding hydrogens is 266 g/mol. The van der Waals surface area contributed by atoms with Gasteiger partial charge in [-0.1, -0.05) is 30.3 Å². The molecule has 5 nitrogen and oxygen atoms in total. The van der Waals surface area contributed by atoms with Gasteiger partial charge in [0, 0.05) is 25.9 Å². The number of fused-ring (bicyclic) bond motifs is 1. The van der Waals surface area contributed by atoms with Crippen molar-refractivity contribution in [2.75, 3.05) is 6.61 Å². The summed E-state index contributed by atoms with van der Waals surface area (Å²) in [7, 11) is 1.82. The molecule has 0 atom stereocenters. The van der Waals surface area contributed by atoms with Crippen LogP contribution in [0.25, 0.3) is 5.78 Å². The predicted octanol–water partition coefficient (Wildman–Crippen LogP) is 2.44. The zero-order valence-corrected chi connectivity index (χ0v) is 12.1. The molecule has 1 aromatic carbocycles. The average Bonchev–Trinajstić information content (AvgIpc) is 3.00. The summed E-state index contributed by atoms with van der Waals surface area (Å²) in [5.74, 6) is 0.416. The second kappa shape index (κ2) is 5.44. The Hall–Kier alpha value is -2.56. The van der Waals surface area contributed by atoms with E-state index in [1.165, 1.54) is 5.56 Å². The summed E-state index contributed by atoms with van der Waals surface area (Å²) in [5.41, 5.74) is 2.69. The number of aryl methyl sites for hydroxylation is 1. The first-order chi connectivity index (χ1) is 10.2. The van der Waals surface area contributed by atoms with E-state index in [0.717, 1.165) is 17.9 Å². The van der Waals surface area contributed by atoms with Crippen molar-refractivity contribution in [1.82, 2.24) is 14.0 Å². The lowest BCUT2D eigenvalue weighted by Crippen LogP contribution is -2.09. The SMILES string of the molecule is CCOC(=O)c1cn2cc(Cc3ccccc3)nc2n1C. The monoisotopic (exact) mass is 283 g/mol. The molecule has 2 aromatic heterocycles. The van der Waals surface area contributed by atoms with Crippen LogP contribution in [0, 0.1) is 0 Å². The topological polar surface area (TPSA) is 48.5 Å². The van der Waals surface area contributed by atoms with E-state index in [4.69, 9.17) is 4.74 Å². The van der Waals surface area contributed by atoms with Crippen LogP contribution in [0.5, 0.6) is 0 Å². The average molecular weight is 283 g/mol. The first kappa shape index (κ1) is 13.4. The van der Waals surface area contributed by atoms with Gasteiger partial charge in [0.05, 0.1) is 12.3 Å². The number of carbonyl (C=O) groups is 1. The predicted molar refractivity (Wildman–Crippen MR) is 79.4 cm³/mol. The lowest BCUT2D eigenvalue weighted by Gasteiger charge is -2.01. The van der Waals surface area contributed by atoms with Crippen molar-refractivity contribution >= 4 is 11.7 Å². The van der Waals surface area contributed by atoms with Crippen molar-refractivity contribution in [2.24, 2.45) is 7.05 Å². The van der Waals surface area contributed by atoms with Crippen LogP contribution in [-0.2, 0) is 18.2 Å². The second-order valence-electron chi connectivity index (χ2n) is 4.90. The van der Waals surface area contributed by atoms with Crippen LogP contribution in [-0.4, -0.2) is 26.5 Å². The second-order valence-corrected chi connectivity index (χ2v) is 4.90. The quantitative estimate of drug-likeness (QED) is 0.691. The fourth-order valence-electron chi connectivity index (χ4n) is 2.39. The number of rotatable bonds is 4. The van der Waals surface area contributed by atoms with Crippen LogP contribution >= 0.6 is 0 Å². The fourth-order valence-corrected chi connectivity index (χ4v) is 2.39. The third-order valence-electron chi connectivity index (χ3n) is 3.40. The number of ether oxygens (including phenoxy) is 1. The molecule has 0 N–H and O–H groups in total. The maximum atomic E-state index is 11.8. The summed E-state index contributed by atoms with van der Waals surface area (Å²) in [4.78, 5) is 16.4. The molecule has 0 spiro atoms. The smallest absolute Gasteiger partial charge is 0.356 e. The van der Waals surface area contributed by atoms with Gasteiger partial charge in [-0.2, -0.15) is 0 Å². The van der Waals surface area contributed by atoms with E-state index >= 15 is 0 Å². The van der Waals surface area contributed by atoms with Crippen molar-refractivity contribution in [2.45, 2.75) is 13.3 Å². The Morgan fingerprint density at radius 3 is 2.67 bits per heavy atom. The molecule has 5 heteroatoms. The highest BCUT2D eigenvalue weighted by atomic mass is 16.5. The number of benzene rings is 1. The molecule has 0 bridgehead atoms. The van der Waals surface area contributed by atoms with Crippen LogP contribution in [0.2, 0.25) is 0 Å². The zero-order valence-electron chi connectivity index (χ0n) is 12.1. The van der Waals surface area contributed by atoms with Gasteiger partial charge in [0.15, 0.2) is 0 Å². The molecule has 3 rings (SSSR count). The number of imidazole rings is 2. The summed E-state index contributed by atoms with van der Waals surface area (Å²) in [6, 6.07) is 10.2. The molecule has 0 aliphatic rings. The molecule has 0 saturated carbocycles. The molecule has 0 aliphatic heterocycles. The summed E-state index contributed by atoms with van der Waals surface area (Å²) >= 11 is 0. The number of hydrogen-bond donors (Lipinski definition) is 0. The first-order valence-corrected chi connectivity index (χ1v) is 6.93. The normalized spacial score (nSPS) is 11.0. The lowest BCUT2D eigenvalue weighted by atomic mass is 10.1. The Morgan fingerprint density at radius 1 is 1.24 bits per heavy atom. The highest BCUT2D eigenvalue weighted by Crippen LogP contribution is 2.14. The van der Waals surface area contributed by atoms with E-state index in [1.54, 1.807) is 17.7 Å². The molecule has 0 unspecified atom stereocenters. The summed E-state index contributed by atoms with van der Waals surface area (Å²) in [6.45, 7) is 2.16. The third-order valence-corrected chi connectivity index (χ3v) is 3.40. The van der Waals surface area contributed by atoms with Gasteiger partial charge in [-0.15, -0.1) is 0 Å².